The number of hydrogen-bond acceptors (Lipinski definition) is 6. The van der Waals surface area contributed by atoms with Gasteiger partial charge in [0.05, 0.1) is 25.2 Å². The Morgan fingerprint density at radius 3 is 2.20 bits per heavy atom. The molecule has 1 amide bonds. The van der Waals surface area contributed by atoms with Gasteiger partial charge in [-0.25, -0.2) is 13.1 Å². The Kier molecular flexibility index (Phi) is 9.76. The van der Waals surface area contributed by atoms with Gasteiger partial charge in [0, 0.05) is 36.8 Å². The molecule has 1 aliphatic carbocycles. The van der Waals surface area contributed by atoms with E-state index in [1.54, 1.807) is 32.4 Å². The van der Waals surface area contributed by atoms with E-state index < -0.39 is 22.0 Å². The van der Waals surface area contributed by atoms with Gasteiger partial charge >= 0.3 is 0 Å². The van der Waals surface area contributed by atoms with Gasteiger partial charge in [-0.3, -0.25) is 4.79 Å². The molecule has 0 unspecified atom stereocenters. The normalized spacial score (nSPS) is 14.5. The number of amides is 1. The Balaban J connectivity index is 1.29. The highest BCUT2D eigenvalue weighted by Crippen LogP contribution is 2.39. The van der Waals surface area contributed by atoms with Crippen LogP contribution in [0.25, 0.3) is 0 Å². The molecular formula is C35H40N2O6S. The monoisotopic (exact) mass is 616 g/mol. The molecule has 4 aromatic rings. The Hall–Kier alpha value is -4.08. The van der Waals surface area contributed by atoms with Crippen LogP contribution in [0.2, 0.25) is 0 Å². The molecule has 2 N–H and O–H groups in total. The number of methoxy groups -OCH3 is 2. The average Bonchev–Trinajstić information content (AvgIpc) is 3.66. The van der Waals surface area contributed by atoms with Gasteiger partial charge in [0.25, 0.3) is 10.0 Å². The van der Waals surface area contributed by atoms with Crippen LogP contribution in [-0.4, -0.2) is 38.2 Å². The van der Waals surface area contributed by atoms with Crippen molar-refractivity contribution >= 4 is 15.9 Å². The minimum absolute atomic E-state index is 0.0332. The van der Waals surface area contributed by atoms with E-state index in [0.717, 1.165) is 36.0 Å². The highest BCUT2D eigenvalue weighted by Gasteiger charge is 2.30. The number of hydrogen-bond donors (Lipinski definition) is 2. The van der Waals surface area contributed by atoms with Crippen molar-refractivity contribution in [2.24, 2.45) is 11.8 Å². The maximum atomic E-state index is 12.5. The summed E-state index contributed by atoms with van der Waals surface area (Å²) < 4.78 is 40.4. The summed E-state index contributed by atoms with van der Waals surface area (Å²) in [6.07, 6.45) is 6.37. The minimum Gasteiger partial charge on any atom is -0.496 e. The summed E-state index contributed by atoms with van der Waals surface area (Å²) in [5, 5.41) is 11.8. The molecule has 5 rings (SSSR count). The van der Waals surface area contributed by atoms with Crippen molar-refractivity contribution in [2.45, 2.75) is 56.6 Å². The van der Waals surface area contributed by atoms with Crippen LogP contribution in [0.3, 0.4) is 0 Å². The van der Waals surface area contributed by atoms with E-state index in [1.165, 1.54) is 23.3 Å². The maximum absolute atomic E-state index is 12.5. The van der Waals surface area contributed by atoms with Crippen molar-refractivity contribution in [3.8, 4) is 11.5 Å². The molecule has 8 nitrogen and oxygen atoms in total. The summed E-state index contributed by atoms with van der Waals surface area (Å²) in [6, 6.07) is 22.1. The zero-order chi connectivity index (χ0) is 31.3. The summed E-state index contributed by atoms with van der Waals surface area (Å²) in [6.45, 7) is 2.50. The molecule has 0 fully saturated rings. The van der Waals surface area contributed by atoms with Gasteiger partial charge in [-0.05, 0) is 91.1 Å². The topological polar surface area (TPSA) is 107 Å². The standard InChI is InChI=1S/C35H40N2O6S/c1-24-32(42-2)20-29(21-33(24)43-3)35(39)30(19-26-17-27-9-7-8-10-28(27)18-26)23-37-16-15-25(22-37)13-14-34(38)36-44(40,41)31-11-5-4-6-12-31/h4-12,15-16,20-22,26,30,35,39H,13-14,17-19,23H2,1-3H3,(H,36,38)/t30-,35-/m1/s1. The number of carbonyl (C=O) groups excluding carboxylic acids is 1. The van der Waals surface area contributed by atoms with Crippen LogP contribution in [0.15, 0.2) is 90.1 Å². The summed E-state index contributed by atoms with van der Waals surface area (Å²) in [5.41, 5.74) is 5.29. The molecule has 0 saturated carbocycles. The minimum atomic E-state index is -3.91. The smallest absolute Gasteiger partial charge is 0.264 e. The number of sulfonamides is 1. The number of benzene rings is 3. The number of aryl methyl sites for hydroxylation is 1. The van der Waals surface area contributed by atoms with Crippen molar-refractivity contribution in [3.63, 3.8) is 0 Å². The summed E-state index contributed by atoms with van der Waals surface area (Å²) in [7, 11) is -0.675. The van der Waals surface area contributed by atoms with Gasteiger partial charge in [-0.15, -0.1) is 0 Å². The van der Waals surface area contributed by atoms with Gasteiger partial charge in [-0.1, -0.05) is 42.5 Å². The molecule has 0 saturated heterocycles. The number of carbonyl (C=O) groups is 1. The fourth-order valence-electron chi connectivity index (χ4n) is 6.24. The molecule has 232 valence electrons. The van der Waals surface area contributed by atoms with Gasteiger partial charge in [-0.2, -0.15) is 0 Å². The number of nitrogens with zero attached hydrogens (tertiary/aromatic N) is 1. The lowest BCUT2D eigenvalue weighted by atomic mass is 9.85. The molecule has 9 heteroatoms. The van der Waals surface area contributed by atoms with Crippen LogP contribution in [-0.2, 0) is 40.6 Å². The SMILES string of the molecule is COc1cc([C@@H](O)[C@H](CC2Cc3ccccc3C2)Cn2ccc(CCC(=O)NS(=O)(=O)c3ccccc3)c2)cc(OC)c1C. The van der Waals surface area contributed by atoms with E-state index in [9.17, 15) is 18.3 Å². The molecule has 0 radical (unpaired) electrons. The molecule has 3 aromatic carbocycles. The van der Waals surface area contributed by atoms with Crippen molar-refractivity contribution < 1.29 is 27.8 Å². The number of aromatic nitrogens is 1. The Morgan fingerprint density at radius 1 is 0.977 bits per heavy atom. The fraction of sp³-hybridized carbons (Fsp3) is 0.343. The third-order valence-corrected chi connectivity index (χ3v) is 9.92. The predicted octanol–water partition coefficient (Wildman–Crippen LogP) is 5.41. The number of aliphatic hydroxyl groups is 1. The van der Waals surface area contributed by atoms with Crippen LogP contribution in [0.4, 0.5) is 0 Å². The number of nitrogens with one attached hydrogen (secondary N) is 1. The first-order chi connectivity index (χ1) is 21.2. The highest BCUT2D eigenvalue weighted by molar-refractivity contribution is 7.90. The van der Waals surface area contributed by atoms with Crippen molar-refractivity contribution in [3.05, 3.63) is 113 Å². The number of fused-ring (bicyclic) bond motifs is 1. The molecule has 44 heavy (non-hydrogen) atoms. The molecule has 2 atom stereocenters. The Labute approximate surface area is 259 Å². The average molecular weight is 617 g/mol. The Bertz CT molecular complexity index is 1650. The van der Waals surface area contributed by atoms with Gasteiger partial charge in [0.15, 0.2) is 0 Å². The first kappa shape index (κ1) is 31.3. The lowest BCUT2D eigenvalue weighted by Crippen LogP contribution is -2.30. The number of ether oxygens (including phenoxy) is 2. The third kappa shape index (κ3) is 7.34. The van der Waals surface area contributed by atoms with Crippen molar-refractivity contribution in [1.82, 2.24) is 9.29 Å². The largest absolute Gasteiger partial charge is 0.496 e. The molecule has 1 aromatic heterocycles. The third-order valence-electron chi connectivity index (χ3n) is 8.53. The van der Waals surface area contributed by atoms with Crippen LogP contribution < -0.4 is 14.2 Å². The molecule has 0 spiro atoms. The van der Waals surface area contributed by atoms with Gasteiger partial charge < -0.3 is 19.1 Å². The first-order valence-electron chi connectivity index (χ1n) is 14.9. The van der Waals surface area contributed by atoms with Crippen LogP contribution in [0, 0.1) is 18.8 Å². The highest BCUT2D eigenvalue weighted by atomic mass is 32.2. The van der Waals surface area contributed by atoms with Gasteiger partial charge in [0.2, 0.25) is 5.91 Å². The molecule has 0 bridgehead atoms. The fourth-order valence-corrected chi connectivity index (χ4v) is 7.27. The first-order valence-corrected chi connectivity index (χ1v) is 16.4. The second kappa shape index (κ2) is 13.7. The summed E-state index contributed by atoms with van der Waals surface area (Å²) in [4.78, 5) is 12.6. The lowest BCUT2D eigenvalue weighted by molar-refractivity contribution is -0.119. The Morgan fingerprint density at radius 2 is 1.59 bits per heavy atom. The van der Waals surface area contributed by atoms with Gasteiger partial charge in [0.1, 0.15) is 11.5 Å². The van der Waals surface area contributed by atoms with E-state index in [4.69, 9.17) is 9.47 Å². The maximum Gasteiger partial charge on any atom is 0.264 e. The molecule has 1 aliphatic rings. The van der Waals surface area contributed by atoms with E-state index in [1.807, 2.05) is 42.1 Å². The second-order valence-electron chi connectivity index (χ2n) is 11.6. The zero-order valence-electron chi connectivity index (χ0n) is 25.4. The van der Waals surface area contributed by atoms with E-state index >= 15 is 0 Å². The van der Waals surface area contributed by atoms with Crippen LogP contribution in [0.5, 0.6) is 11.5 Å². The molecule has 1 heterocycles. The van der Waals surface area contributed by atoms with E-state index in [0.29, 0.717) is 30.4 Å². The van der Waals surface area contributed by atoms with Crippen LogP contribution >= 0.6 is 0 Å². The number of aliphatic hydroxyl groups excluding tert-OH is 1. The zero-order valence-corrected chi connectivity index (χ0v) is 26.2. The quantitative estimate of drug-likeness (QED) is 0.208. The lowest BCUT2D eigenvalue weighted by Gasteiger charge is -2.27. The molecular weight excluding hydrogens is 576 g/mol. The summed E-state index contributed by atoms with van der Waals surface area (Å²) >= 11 is 0. The summed E-state index contributed by atoms with van der Waals surface area (Å²) in [5.74, 6) is 1.08. The number of rotatable bonds is 13. The van der Waals surface area contributed by atoms with Crippen LogP contribution in [0.1, 0.15) is 46.8 Å². The van der Waals surface area contributed by atoms with E-state index in [-0.39, 0.29) is 17.2 Å². The molecule has 0 aliphatic heterocycles. The van der Waals surface area contributed by atoms with Crippen molar-refractivity contribution in [2.75, 3.05) is 14.2 Å². The second-order valence-corrected chi connectivity index (χ2v) is 13.3. The van der Waals surface area contributed by atoms with Crippen molar-refractivity contribution in [1.29, 1.82) is 0 Å². The predicted molar refractivity (Wildman–Crippen MR) is 169 cm³/mol. The van der Waals surface area contributed by atoms with E-state index in [2.05, 4.69) is 29.0 Å².